The van der Waals surface area contributed by atoms with Gasteiger partial charge in [0.05, 0.1) is 0 Å². The predicted octanol–water partition coefficient (Wildman–Crippen LogP) is 11.3. The molecule has 0 spiro atoms. The molecule has 0 saturated carbocycles. The molecule has 3 aliphatic rings. The maximum absolute atomic E-state index is 11.6. The quantitative estimate of drug-likeness (QED) is 0.129. The number of nitrogens with zero attached hydrogens (tertiary/aromatic N) is 1. The van der Waals surface area contributed by atoms with Crippen LogP contribution >= 0.6 is 0 Å². The first kappa shape index (κ1) is 34.6. The third kappa shape index (κ3) is 5.87. The van der Waals surface area contributed by atoms with E-state index in [2.05, 4.69) is 147 Å². The van der Waals surface area contributed by atoms with Gasteiger partial charge < -0.3 is 15.5 Å². The standard InChI is InChI=1S/C50H45N3O2/c1-29-30(2)44-40(28-41-45(44)43(32(4)46(54)47(41)55)37-24-16-23-36(27-37)33-17-8-5-9-18-33)31(3)42(29)50-52-48(35-21-12-7-13-22-35)51-49(53-50)39-26-15-14-25-38(39)34-19-10-6-11-20-34/h5-10,12-19,21-27,49-50,53-55H,11,20,28H2,1-4H3,(H,51,52). The van der Waals surface area contributed by atoms with Crippen LogP contribution < -0.4 is 10.6 Å². The number of amidine groups is 1. The Hall–Kier alpha value is -6.17. The van der Waals surface area contributed by atoms with Gasteiger partial charge in [-0.15, -0.1) is 0 Å². The van der Waals surface area contributed by atoms with Gasteiger partial charge >= 0.3 is 0 Å². The lowest BCUT2D eigenvalue weighted by molar-refractivity contribution is 0.398. The Morgan fingerprint density at radius 1 is 0.618 bits per heavy atom. The Morgan fingerprint density at radius 3 is 2.05 bits per heavy atom. The highest BCUT2D eigenvalue weighted by Crippen LogP contribution is 2.55. The monoisotopic (exact) mass is 719 g/mol. The molecule has 2 aliphatic carbocycles. The zero-order valence-corrected chi connectivity index (χ0v) is 31.7. The summed E-state index contributed by atoms with van der Waals surface area (Å²) < 4.78 is 0. The first-order valence-electron chi connectivity index (χ1n) is 19.3. The fourth-order valence-corrected chi connectivity index (χ4v) is 9.07. The number of rotatable bonds is 6. The molecule has 1 heterocycles. The average Bonchev–Trinajstić information content (AvgIpc) is 3.64. The third-order valence-corrected chi connectivity index (χ3v) is 12.0. The van der Waals surface area contributed by atoms with Crippen molar-refractivity contribution in [1.29, 1.82) is 0 Å². The minimum Gasteiger partial charge on any atom is -0.504 e. The van der Waals surface area contributed by atoms with Crippen molar-refractivity contribution in [3.05, 3.63) is 183 Å². The van der Waals surface area contributed by atoms with Crippen LogP contribution in [0.1, 0.15) is 80.8 Å². The molecule has 0 aromatic heterocycles. The summed E-state index contributed by atoms with van der Waals surface area (Å²) >= 11 is 0. The van der Waals surface area contributed by atoms with Crippen LogP contribution in [0.5, 0.6) is 11.5 Å². The summed E-state index contributed by atoms with van der Waals surface area (Å²) in [4.78, 5) is 5.33. The van der Waals surface area contributed by atoms with E-state index < -0.39 is 0 Å². The van der Waals surface area contributed by atoms with Gasteiger partial charge in [-0.2, -0.15) is 0 Å². The molecule has 2 atom stereocenters. The zero-order chi connectivity index (χ0) is 37.8. The minimum absolute atomic E-state index is 0.0272. The van der Waals surface area contributed by atoms with Crippen molar-refractivity contribution >= 4 is 11.4 Å². The fourth-order valence-electron chi connectivity index (χ4n) is 9.07. The van der Waals surface area contributed by atoms with Gasteiger partial charge in [-0.1, -0.05) is 121 Å². The first-order chi connectivity index (χ1) is 26.8. The van der Waals surface area contributed by atoms with Crippen molar-refractivity contribution in [3.8, 4) is 44.9 Å². The van der Waals surface area contributed by atoms with Gasteiger partial charge in [0, 0.05) is 23.1 Å². The molecule has 272 valence electrons. The second kappa shape index (κ2) is 13.9. The molecular formula is C50H45N3O2. The maximum Gasteiger partial charge on any atom is 0.161 e. The Bertz CT molecular complexity index is 2580. The van der Waals surface area contributed by atoms with E-state index in [0.29, 0.717) is 12.0 Å². The van der Waals surface area contributed by atoms with Crippen molar-refractivity contribution in [1.82, 2.24) is 10.6 Å². The Balaban J connectivity index is 1.19. The zero-order valence-electron chi connectivity index (χ0n) is 31.7. The molecule has 5 nitrogen and oxygen atoms in total. The summed E-state index contributed by atoms with van der Waals surface area (Å²) in [5, 5.41) is 30.8. The predicted molar refractivity (Wildman–Crippen MR) is 225 cm³/mol. The number of phenols is 2. The van der Waals surface area contributed by atoms with E-state index in [-0.39, 0.29) is 23.8 Å². The van der Waals surface area contributed by atoms with E-state index in [4.69, 9.17) is 4.99 Å². The van der Waals surface area contributed by atoms with Crippen molar-refractivity contribution in [2.75, 3.05) is 0 Å². The van der Waals surface area contributed by atoms with Crippen LogP contribution in [0.2, 0.25) is 0 Å². The number of nitrogens with one attached hydrogen (secondary N) is 2. The summed E-state index contributed by atoms with van der Waals surface area (Å²) in [7, 11) is 0. The van der Waals surface area contributed by atoms with Gasteiger partial charge in [0.15, 0.2) is 11.5 Å². The Kier molecular flexibility index (Phi) is 8.75. The second-order valence-corrected chi connectivity index (χ2v) is 15.1. The van der Waals surface area contributed by atoms with Crippen molar-refractivity contribution in [3.63, 3.8) is 0 Å². The fraction of sp³-hybridized carbons (Fsp3) is 0.180. The molecule has 2 unspecified atom stereocenters. The Labute approximate surface area is 323 Å². The number of hydrogen-bond donors (Lipinski definition) is 4. The lowest BCUT2D eigenvalue weighted by Gasteiger charge is -2.35. The maximum atomic E-state index is 11.6. The number of phenolic OH excluding ortho intramolecular Hbond substituents is 2. The van der Waals surface area contributed by atoms with Crippen LogP contribution in [0.25, 0.3) is 39.0 Å². The van der Waals surface area contributed by atoms with Gasteiger partial charge in [0.2, 0.25) is 0 Å². The normalized spacial score (nSPS) is 17.2. The van der Waals surface area contributed by atoms with Crippen molar-refractivity contribution in [2.45, 2.75) is 59.3 Å². The molecule has 0 saturated heterocycles. The van der Waals surface area contributed by atoms with Gasteiger partial charge in [-0.05, 0) is 125 Å². The smallest absolute Gasteiger partial charge is 0.161 e. The first-order valence-corrected chi connectivity index (χ1v) is 19.3. The molecule has 0 fully saturated rings. The summed E-state index contributed by atoms with van der Waals surface area (Å²) in [6.07, 6.45) is 8.64. The summed E-state index contributed by atoms with van der Waals surface area (Å²) in [5.74, 6) is 0.768. The molecule has 4 N–H and O–H groups in total. The molecule has 0 amide bonds. The molecule has 6 aromatic rings. The molecule has 9 rings (SSSR count). The van der Waals surface area contributed by atoms with Crippen LogP contribution in [0.3, 0.4) is 0 Å². The average molecular weight is 720 g/mol. The Morgan fingerprint density at radius 2 is 1.31 bits per heavy atom. The SMILES string of the molecule is Cc1c(C)c(C2NC(c3ccccc3)=NC(c3ccccc3C3=CC=CCC3)N2)c(C)c2c1-c1c(c(O)c(O)c(C)c1-c1cccc(-c3ccccc3)c1)C2. The van der Waals surface area contributed by atoms with E-state index in [1.54, 1.807) is 0 Å². The summed E-state index contributed by atoms with van der Waals surface area (Å²) in [6.45, 7) is 8.56. The molecule has 5 heteroatoms. The highest BCUT2D eigenvalue weighted by atomic mass is 16.3. The topological polar surface area (TPSA) is 76.9 Å². The van der Waals surface area contributed by atoms with Crippen LogP contribution in [0, 0.1) is 27.7 Å². The number of fused-ring (bicyclic) bond motifs is 3. The highest BCUT2D eigenvalue weighted by Gasteiger charge is 2.36. The minimum atomic E-state index is -0.291. The van der Waals surface area contributed by atoms with Crippen molar-refractivity contribution in [2.24, 2.45) is 4.99 Å². The van der Waals surface area contributed by atoms with Crippen LogP contribution in [0.4, 0.5) is 0 Å². The van der Waals surface area contributed by atoms with Crippen LogP contribution in [-0.2, 0) is 6.42 Å². The molecular weight excluding hydrogens is 675 g/mol. The van der Waals surface area contributed by atoms with Crippen molar-refractivity contribution < 1.29 is 10.2 Å². The second-order valence-electron chi connectivity index (χ2n) is 15.1. The molecule has 1 aliphatic heterocycles. The lowest BCUT2D eigenvalue weighted by Crippen LogP contribution is -2.45. The third-order valence-electron chi connectivity index (χ3n) is 12.0. The van der Waals surface area contributed by atoms with Crippen LogP contribution in [-0.4, -0.2) is 16.0 Å². The number of aromatic hydroxyl groups is 2. The van der Waals surface area contributed by atoms with Gasteiger partial charge in [0.1, 0.15) is 18.2 Å². The van der Waals surface area contributed by atoms with E-state index in [1.165, 1.54) is 39.0 Å². The summed E-state index contributed by atoms with van der Waals surface area (Å²) in [5.41, 5.74) is 18.5. The number of allylic oxidation sites excluding steroid dienone is 4. The molecule has 55 heavy (non-hydrogen) atoms. The van der Waals surface area contributed by atoms with E-state index in [9.17, 15) is 10.2 Å². The lowest BCUT2D eigenvalue weighted by atomic mass is 9.83. The molecule has 6 aromatic carbocycles. The molecule has 0 radical (unpaired) electrons. The van der Waals surface area contributed by atoms with E-state index in [0.717, 1.165) is 68.7 Å². The molecule has 0 bridgehead atoms. The highest BCUT2D eigenvalue weighted by molar-refractivity contribution is 6.00. The number of benzene rings is 6. The van der Waals surface area contributed by atoms with Gasteiger partial charge in [0.25, 0.3) is 0 Å². The summed E-state index contributed by atoms with van der Waals surface area (Å²) in [6, 6.07) is 37.9. The number of aliphatic imine (C=N–C) groups is 1. The largest absolute Gasteiger partial charge is 0.504 e. The van der Waals surface area contributed by atoms with Gasteiger partial charge in [-0.25, -0.2) is 4.99 Å². The van der Waals surface area contributed by atoms with Crippen LogP contribution in [0.15, 0.2) is 132 Å². The number of hydrogen-bond acceptors (Lipinski definition) is 5. The van der Waals surface area contributed by atoms with E-state index >= 15 is 0 Å². The van der Waals surface area contributed by atoms with E-state index in [1.807, 2.05) is 19.1 Å². The van der Waals surface area contributed by atoms with Gasteiger partial charge in [-0.3, -0.25) is 5.32 Å².